The lowest BCUT2D eigenvalue weighted by Gasteiger charge is -2.32. The number of esters is 1. The van der Waals surface area contributed by atoms with Crippen molar-refractivity contribution >= 4 is 27.7 Å². The number of aromatic nitrogens is 1. The maximum Gasteiger partial charge on any atom is 0.318 e. The highest BCUT2D eigenvalue weighted by atomic mass is 32.2. The molecule has 0 unspecified atom stereocenters. The van der Waals surface area contributed by atoms with Gasteiger partial charge in [0.1, 0.15) is 11.8 Å². The van der Waals surface area contributed by atoms with Crippen LogP contribution in [0.4, 0.5) is 4.79 Å². The van der Waals surface area contributed by atoms with Crippen LogP contribution in [0.1, 0.15) is 37.3 Å². The Morgan fingerprint density at radius 3 is 2.33 bits per heavy atom. The van der Waals surface area contributed by atoms with E-state index in [2.05, 4.69) is 15.6 Å². The maximum atomic E-state index is 13.8. The van der Waals surface area contributed by atoms with Crippen LogP contribution in [0.5, 0.6) is 5.75 Å². The van der Waals surface area contributed by atoms with Crippen molar-refractivity contribution in [2.24, 2.45) is 5.92 Å². The maximum absolute atomic E-state index is 13.8. The number of phenols is 1. The Morgan fingerprint density at radius 1 is 0.978 bits per heavy atom. The molecule has 2 aromatic carbocycles. The molecule has 1 aliphatic rings. The van der Waals surface area contributed by atoms with Crippen molar-refractivity contribution in [1.29, 1.82) is 0 Å². The van der Waals surface area contributed by atoms with Gasteiger partial charge < -0.3 is 25.4 Å². The quantitative estimate of drug-likeness (QED) is 0.237. The third kappa shape index (κ3) is 10.2. The van der Waals surface area contributed by atoms with Crippen molar-refractivity contribution in [2.45, 2.75) is 56.1 Å². The fourth-order valence-electron chi connectivity index (χ4n) is 5.15. The number of nitrogens with one attached hydrogen (secondary N) is 2. The van der Waals surface area contributed by atoms with E-state index in [4.69, 9.17) is 4.74 Å². The predicted molar refractivity (Wildman–Crippen MR) is 172 cm³/mol. The smallest absolute Gasteiger partial charge is 0.318 e. The third-order valence-corrected chi connectivity index (χ3v) is 9.07. The summed E-state index contributed by atoms with van der Waals surface area (Å²) < 4.78 is 31.0. The fraction of sp³-hybridized carbons (Fsp3) is 0.353. The third-order valence-electron chi connectivity index (χ3n) is 7.73. The van der Waals surface area contributed by atoms with Crippen LogP contribution >= 0.6 is 0 Å². The van der Waals surface area contributed by atoms with Crippen molar-refractivity contribution in [1.82, 2.24) is 20.5 Å². The molecule has 46 heavy (non-hydrogen) atoms. The first-order chi connectivity index (χ1) is 22.1. The number of pyridine rings is 1. The van der Waals surface area contributed by atoms with Gasteiger partial charge in [-0.15, -0.1) is 0 Å². The highest BCUT2D eigenvalue weighted by molar-refractivity contribution is 7.94. The zero-order valence-electron chi connectivity index (χ0n) is 25.7. The van der Waals surface area contributed by atoms with Crippen molar-refractivity contribution in [3.63, 3.8) is 0 Å². The topological polar surface area (TPSA) is 155 Å². The highest BCUT2D eigenvalue weighted by Gasteiger charge is 2.31. The van der Waals surface area contributed by atoms with Gasteiger partial charge in [-0.25, -0.2) is 18.2 Å². The average Bonchev–Trinajstić information content (AvgIpc) is 3.07. The zero-order chi connectivity index (χ0) is 32.9. The van der Waals surface area contributed by atoms with Gasteiger partial charge in [-0.2, -0.15) is 0 Å². The summed E-state index contributed by atoms with van der Waals surface area (Å²) in [6.45, 7) is 2.71. The molecule has 0 radical (unpaired) electrons. The van der Waals surface area contributed by atoms with E-state index in [1.54, 1.807) is 36.1 Å². The van der Waals surface area contributed by atoms with Gasteiger partial charge >= 0.3 is 12.0 Å². The number of carbonyl (C=O) groups excluding carboxylic acids is 3. The molecule has 12 heteroatoms. The first-order valence-electron chi connectivity index (χ1n) is 15.3. The molecule has 1 fully saturated rings. The Balaban J connectivity index is 1.51. The largest absolute Gasteiger partial charge is 0.508 e. The number of piperidine rings is 1. The molecular weight excluding hydrogens is 608 g/mol. The summed E-state index contributed by atoms with van der Waals surface area (Å²) in [5.74, 6) is -0.981. The minimum atomic E-state index is -3.87. The number of phenolic OH excluding ortho intramolecular Hbond substituents is 1. The number of likely N-dealkylation sites (tertiary alicyclic amines) is 1. The molecule has 0 spiro atoms. The van der Waals surface area contributed by atoms with Gasteiger partial charge in [-0.05, 0) is 68.0 Å². The second-order valence-corrected chi connectivity index (χ2v) is 12.8. The number of aromatic hydroxyl groups is 1. The van der Waals surface area contributed by atoms with Gasteiger partial charge in [-0.1, -0.05) is 54.6 Å². The number of nitrogens with zero attached hydrogens (tertiary/aromatic N) is 2. The predicted octanol–water partition coefficient (Wildman–Crippen LogP) is 3.79. The number of ether oxygens (including phenoxy) is 1. The molecule has 3 amide bonds. The molecule has 4 rings (SSSR count). The van der Waals surface area contributed by atoms with Crippen LogP contribution in [0.25, 0.3) is 0 Å². The summed E-state index contributed by atoms with van der Waals surface area (Å²) in [7, 11) is -3.87. The molecule has 3 aromatic rings. The zero-order valence-corrected chi connectivity index (χ0v) is 26.6. The van der Waals surface area contributed by atoms with Crippen LogP contribution in [0.2, 0.25) is 0 Å². The number of benzene rings is 2. The summed E-state index contributed by atoms with van der Waals surface area (Å²) in [4.78, 5) is 44.8. The summed E-state index contributed by atoms with van der Waals surface area (Å²) in [5, 5.41) is 16.5. The number of hydrogen-bond donors (Lipinski definition) is 3. The normalized spacial score (nSPS) is 15.2. The number of hydrogen-bond acceptors (Lipinski definition) is 8. The van der Waals surface area contributed by atoms with Gasteiger partial charge in [0.2, 0.25) is 15.7 Å². The minimum absolute atomic E-state index is 0.0680. The summed E-state index contributed by atoms with van der Waals surface area (Å²) in [5.41, 5.74) is 1.72. The lowest BCUT2D eigenvalue weighted by Crippen LogP contribution is -2.55. The molecule has 11 nitrogen and oxygen atoms in total. The van der Waals surface area contributed by atoms with Gasteiger partial charge in [0.25, 0.3) is 0 Å². The Morgan fingerprint density at radius 2 is 1.67 bits per heavy atom. The molecule has 1 aromatic heterocycles. The van der Waals surface area contributed by atoms with E-state index >= 15 is 0 Å². The van der Waals surface area contributed by atoms with Gasteiger partial charge in [0.15, 0.2) is 5.03 Å². The van der Waals surface area contributed by atoms with E-state index in [0.29, 0.717) is 50.9 Å². The van der Waals surface area contributed by atoms with Crippen LogP contribution in [0, 0.1) is 5.92 Å². The number of amides is 3. The number of rotatable bonds is 13. The van der Waals surface area contributed by atoms with Gasteiger partial charge in [0.05, 0.1) is 12.5 Å². The summed E-state index contributed by atoms with van der Waals surface area (Å²) >= 11 is 0. The molecule has 2 heterocycles. The standard InChI is InChI=1S/C34H40N4O7S/c1-2-45-33(41)27-17-21-38(22-18-27)34(42)37-30(24-26-12-15-29(39)16-13-26)32(40)36-28(14-11-25-8-4-3-5-9-25)19-23-46(43,44)31-10-6-7-20-35-31/h3-10,12-13,15-16,19-20,23,27-28,30,39H,2,11,14,17-18,21-22,24H2,1H3,(H,36,40)(H,37,42)/t28-,30-/m0/s1. The summed E-state index contributed by atoms with van der Waals surface area (Å²) in [6, 6.07) is 18.4. The van der Waals surface area contributed by atoms with Crippen LogP contribution < -0.4 is 10.6 Å². The van der Waals surface area contributed by atoms with E-state index in [-0.39, 0.29) is 29.1 Å². The molecule has 244 valence electrons. The SMILES string of the molecule is CCOC(=O)C1CCN(C(=O)N[C@@H](Cc2ccc(O)cc2)C(=O)N[C@H](C=CS(=O)(=O)c2ccccn2)CCc2ccccc2)CC1. The lowest BCUT2D eigenvalue weighted by atomic mass is 9.97. The lowest BCUT2D eigenvalue weighted by molar-refractivity contribution is -0.149. The van der Waals surface area contributed by atoms with Gasteiger partial charge in [0, 0.05) is 37.2 Å². The van der Waals surface area contributed by atoms with E-state index in [1.165, 1.54) is 30.5 Å². The van der Waals surface area contributed by atoms with Crippen molar-refractivity contribution < 1.29 is 32.6 Å². The van der Waals surface area contributed by atoms with E-state index in [0.717, 1.165) is 11.0 Å². The first-order valence-corrected chi connectivity index (χ1v) is 16.9. The Hall–Kier alpha value is -4.71. The molecule has 0 aliphatic carbocycles. The molecular formula is C34H40N4O7S. The van der Waals surface area contributed by atoms with Crippen molar-refractivity contribution in [3.8, 4) is 5.75 Å². The van der Waals surface area contributed by atoms with Crippen LogP contribution in [-0.2, 0) is 37.0 Å². The van der Waals surface area contributed by atoms with Crippen molar-refractivity contribution in [3.05, 3.63) is 102 Å². The molecule has 1 aliphatic heterocycles. The molecule has 2 atom stereocenters. The Labute approximate surface area is 269 Å². The molecule has 3 N–H and O–H groups in total. The number of sulfone groups is 1. The Bertz CT molecular complexity index is 1570. The number of urea groups is 1. The van der Waals surface area contributed by atoms with Crippen LogP contribution in [0.15, 0.2) is 95.5 Å². The van der Waals surface area contributed by atoms with Crippen molar-refractivity contribution in [2.75, 3.05) is 19.7 Å². The molecule has 0 bridgehead atoms. The molecule has 1 saturated heterocycles. The fourth-order valence-corrected chi connectivity index (χ4v) is 6.16. The van der Waals surface area contributed by atoms with Crippen LogP contribution in [0.3, 0.4) is 0 Å². The molecule has 0 saturated carbocycles. The second kappa shape index (κ2) is 16.6. The highest BCUT2D eigenvalue weighted by Crippen LogP contribution is 2.19. The van der Waals surface area contributed by atoms with Crippen LogP contribution in [-0.4, -0.2) is 73.1 Å². The second-order valence-electron chi connectivity index (χ2n) is 11.1. The van der Waals surface area contributed by atoms with E-state index < -0.39 is 33.9 Å². The van der Waals surface area contributed by atoms with E-state index in [9.17, 15) is 27.9 Å². The monoisotopic (exact) mass is 648 g/mol. The summed E-state index contributed by atoms with van der Waals surface area (Å²) in [6.07, 6.45) is 4.82. The number of carbonyl (C=O) groups is 3. The minimum Gasteiger partial charge on any atom is -0.508 e. The average molecular weight is 649 g/mol. The van der Waals surface area contributed by atoms with Gasteiger partial charge in [-0.3, -0.25) is 9.59 Å². The number of aryl methyl sites for hydroxylation is 1. The van der Waals surface area contributed by atoms with E-state index in [1.807, 2.05) is 30.3 Å². The first kappa shape index (κ1) is 34.2. The Kier molecular flexibility index (Phi) is 12.3.